The van der Waals surface area contributed by atoms with Crippen molar-refractivity contribution in [3.8, 4) is 0 Å². The molecule has 0 aromatic carbocycles. The second kappa shape index (κ2) is 4.31. The highest BCUT2D eigenvalue weighted by Crippen LogP contribution is 2.41. The molecule has 5 atom stereocenters. The molecule has 17 heavy (non-hydrogen) atoms. The number of carbonyl (C=O) groups excluding carboxylic acids is 1. The smallest absolute Gasteiger partial charge is 0.307 e. The SMILES string of the molecule is CC1CC(C)C(C)N(C(=O)C2CC2C(=O)O)C1. The van der Waals surface area contributed by atoms with Crippen molar-refractivity contribution in [2.45, 2.75) is 39.7 Å². The molecule has 0 aromatic rings. The number of rotatable bonds is 2. The van der Waals surface area contributed by atoms with Gasteiger partial charge in [0.25, 0.3) is 0 Å². The van der Waals surface area contributed by atoms with Crippen LogP contribution in [-0.4, -0.2) is 34.5 Å². The predicted octanol–water partition coefficient (Wildman–Crippen LogP) is 1.60. The Kier molecular flexibility index (Phi) is 3.15. The summed E-state index contributed by atoms with van der Waals surface area (Å²) in [7, 11) is 0. The first-order valence-corrected chi connectivity index (χ1v) is 6.45. The molecule has 1 amide bonds. The predicted molar refractivity (Wildman–Crippen MR) is 63.4 cm³/mol. The van der Waals surface area contributed by atoms with Crippen molar-refractivity contribution in [1.29, 1.82) is 0 Å². The maximum Gasteiger partial charge on any atom is 0.307 e. The Morgan fingerprint density at radius 2 is 1.76 bits per heavy atom. The van der Waals surface area contributed by atoms with Crippen LogP contribution in [0.3, 0.4) is 0 Å². The normalized spacial score (nSPS) is 41.1. The highest BCUT2D eigenvalue weighted by atomic mass is 16.4. The van der Waals surface area contributed by atoms with Gasteiger partial charge in [-0.25, -0.2) is 0 Å². The van der Waals surface area contributed by atoms with Gasteiger partial charge in [-0.1, -0.05) is 13.8 Å². The number of nitrogens with zero attached hydrogens (tertiary/aromatic N) is 1. The molecule has 0 bridgehead atoms. The molecule has 1 aliphatic carbocycles. The fourth-order valence-corrected chi connectivity index (χ4v) is 2.96. The van der Waals surface area contributed by atoms with Crippen molar-refractivity contribution in [1.82, 2.24) is 4.90 Å². The average molecular weight is 239 g/mol. The minimum Gasteiger partial charge on any atom is -0.481 e. The third-order valence-electron chi connectivity index (χ3n) is 4.31. The first-order chi connectivity index (χ1) is 7.91. The molecule has 1 aliphatic heterocycles. The molecule has 1 saturated heterocycles. The lowest BCUT2D eigenvalue weighted by atomic mass is 9.85. The van der Waals surface area contributed by atoms with Gasteiger partial charge in [0.1, 0.15) is 0 Å². The fraction of sp³-hybridized carbons (Fsp3) is 0.846. The number of hydrogen-bond acceptors (Lipinski definition) is 2. The van der Waals surface area contributed by atoms with E-state index in [1.165, 1.54) is 0 Å². The zero-order valence-electron chi connectivity index (χ0n) is 10.7. The third kappa shape index (κ3) is 2.31. The Labute approximate surface area is 102 Å². The van der Waals surface area contributed by atoms with E-state index >= 15 is 0 Å². The molecule has 0 spiro atoms. The highest BCUT2D eigenvalue weighted by Gasteiger charge is 2.51. The second-order valence-corrected chi connectivity index (χ2v) is 5.84. The molecule has 2 rings (SSSR count). The van der Waals surface area contributed by atoms with Crippen molar-refractivity contribution in [3.63, 3.8) is 0 Å². The van der Waals surface area contributed by atoms with Gasteiger partial charge >= 0.3 is 5.97 Å². The van der Waals surface area contributed by atoms with E-state index in [2.05, 4.69) is 20.8 Å². The molecule has 4 heteroatoms. The largest absolute Gasteiger partial charge is 0.481 e. The topological polar surface area (TPSA) is 57.6 Å². The Balaban J connectivity index is 2.02. The fourth-order valence-electron chi connectivity index (χ4n) is 2.96. The molecule has 2 aliphatic rings. The minimum atomic E-state index is -0.825. The van der Waals surface area contributed by atoms with Crippen LogP contribution in [0.15, 0.2) is 0 Å². The Hall–Kier alpha value is -1.06. The molecule has 0 aromatic heterocycles. The summed E-state index contributed by atoms with van der Waals surface area (Å²) < 4.78 is 0. The average Bonchev–Trinajstić information content (AvgIpc) is 3.02. The Bertz CT molecular complexity index is 342. The second-order valence-electron chi connectivity index (χ2n) is 5.84. The quantitative estimate of drug-likeness (QED) is 0.796. The van der Waals surface area contributed by atoms with Crippen LogP contribution < -0.4 is 0 Å². The lowest BCUT2D eigenvalue weighted by Gasteiger charge is -2.41. The van der Waals surface area contributed by atoms with Crippen LogP contribution in [0, 0.1) is 23.7 Å². The van der Waals surface area contributed by atoms with Gasteiger partial charge in [0.2, 0.25) is 5.91 Å². The van der Waals surface area contributed by atoms with Gasteiger partial charge in [-0.3, -0.25) is 9.59 Å². The molecular weight excluding hydrogens is 218 g/mol. The van der Waals surface area contributed by atoms with Crippen molar-refractivity contribution in [2.24, 2.45) is 23.7 Å². The minimum absolute atomic E-state index is 0.0586. The third-order valence-corrected chi connectivity index (χ3v) is 4.31. The highest BCUT2D eigenvalue weighted by molar-refractivity contribution is 5.89. The van der Waals surface area contributed by atoms with Crippen molar-refractivity contribution in [3.05, 3.63) is 0 Å². The van der Waals surface area contributed by atoms with Gasteiger partial charge in [0.15, 0.2) is 0 Å². The van der Waals surface area contributed by atoms with Gasteiger partial charge in [0, 0.05) is 12.6 Å². The number of carbonyl (C=O) groups is 2. The van der Waals surface area contributed by atoms with Gasteiger partial charge in [-0.15, -0.1) is 0 Å². The molecule has 0 radical (unpaired) electrons. The zero-order valence-corrected chi connectivity index (χ0v) is 10.7. The van der Waals surface area contributed by atoms with Crippen LogP contribution >= 0.6 is 0 Å². The van der Waals surface area contributed by atoms with Crippen LogP contribution in [0.5, 0.6) is 0 Å². The summed E-state index contributed by atoms with van der Waals surface area (Å²) in [5.41, 5.74) is 0. The molecule has 1 saturated carbocycles. The summed E-state index contributed by atoms with van der Waals surface area (Å²) >= 11 is 0. The van der Waals surface area contributed by atoms with Crippen molar-refractivity contribution in [2.75, 3.05) is 6.54 Å². The standard InChI is InChI=1S/C13H21NO3/c1-7-4-8(2)9(3)14(6-7)12(15)10-5-11(10)13(16)17/h7-11H,4-6H2,1-3H3,(H,16,17). The van der Waals surface area contributed by atoms with E-state index < -0.39 is 11.9 Å². The summed E-state index contributed by atoms with van der Waals surface area (Å²) in [6, 6.07) is 0.244. The summed E-state index contributed by atoms with van der Waals surface area (Å²) in [5, 5.41) is 8.87. The summed E-state index contributed by atoms with van der Waals surface area (Å²) in [6.45, 7) is 7.19. The lowest BCUT2D eigenvalue weighted by Crippen LogP contribution is -2.49. The summed E-state index contributed by atoms with van der Waals surface area (Å²) in [5.74, 6) is -0.427. The van der Waals surface area contributed by atoms with Crippen LogP contribution in [0.2, 0.25) is 0 Å². The maximum atomic E-state index is 12.2. The van der Waals surface area contributed by atoms with Crippen LogP contribution in [0.4, 0.5) is 0 Å². The van der Waals surface area contributed by atoms with E-state index in [1.54, 1.807) is 0 Å². The van der Waals surface area contributed by atoms with E-state index in [0.29, 0.717) is 18.3 Å². The summed E-state index contributed by atoms with van der Waals surface area (Å²) in [4.78, 5) is 24.9. The Morgan fingerprint density at radius 1 is 1.12 bits per heavy atom. The number of carboxylic acid groups (broad SMARTS) is 1. The number of aliphatic carboxylic acids is 1. The van der Waals surface area contributed by atoms with Crippen LogP contribution in [-0.2, 0) is 9.59 Å². The van der Waals surface area contributed by atoms with E-state index in [4.69, 9.17) is 5.11 Å². The number of hydrogen-bond donors (Lipinski definition) is 1. The number of amides is 1. The van der Waals surface area contributed by atoms with Crippen LogP contribution in [0.25, 0.3) is 0 Å². The van der Waals surface area contributed by atoms with E-state index in [1.807, 2.05) is 4.90 Å². The number of carboxylic acids is 1. The van der Waals surface area contributed by atoms with Crippen molar-refractivity contribution >= 4 is 11.9 Å². The van der Waals surface area contributed by atoms with Gasteiger partial charge in [-0.2, -0.15) is 0 Å². The molecule has 2 fully saturated rings. The molecule has 4 nitrogen and oxygen atoms in total. The first kappa shape index (κ1) is 12.4. The zero-order chi connectivity index (χ0) is 12.7. The molecule has 1 N–H and O–H groups in total. The van der Waals surface area contributed by atoms with E-state index in [0.717, 1.165) is 13.0 Å². The molecule has 5 unspecified atom stereocenters. The lowest BCUT2D eigenvalue weighted by molar-refractivity contribution is -0.144. The van der Waals surface area contributed by atoms with Crippen molar-refractivity contribution < 1.29 is 14.7 Å². The van der Waals surface area contributed by atoms with E-state index in [-0.39, 0.29) is 17.9 Å². The first-order valence-electron chi connectivity index (χ1n) is 6.45. The molecule has 96 valence electrons. The van der Waals surface area contributed by atoms with Gasteiger partial charge in [0.05, 0.1) is 11.8 Å². The molecular formula is C13H21NO3. The number of piperidine rings is 1. The van der Waals surface area contributed by atoms with E-state index in [9.17, 15) is 9.59 Å². The monoisotopic (exact) mass is 239 g/mol. The molecule has 1 heterocycles. The maximum absolute atomic E-state index is 12.2. The van der Waals surface area contributed by atoms with Crippen LogP contribution in [0.1, 0.15) is 33.6 Å². The summed E-state index contributed by atoms with van der Waals surface area (Å²) in [6.07, 6.45) is 1.68. The van der Waals surface area contributed by atoms with Gasteiger partial charge in [-0.05, 0) is 31.6 Å². The number of likely N-dealkylation sites (tertiary alicyclic amines) is 1. The van der Waals surface area contributed by atoms with Gasteiger partial charge < -0.3 is 10.0 Å². The Morgan fingerprint density at radius 3 is 2.29 bits per heavy atom.